The number of H-pyrrole nitrogens is 1. The predicted octanol–water partition coefficient (Wildman–Crippen LogP) is 1.28. The molecule has 2 aromatic heterocycles. The first-order valence-electron chi connectivity index (χ1n) is 4.13. The van der Waals surface area contributed by atoms with Gasteiger partial charge in [0.05, 0.1) is 5.39 Å². The number of hydrogen-bond donors (Lipinski definition) is 2. The number of amides is 1. The van der Waals surface area contributed by atoms with E-state index < -0.39 is 6.09 Å². The van der Waals surface area contributed by atoms with Gasteiger partial charge in [0.2, 0.25) is 0 Å². The smallest absolute Gasteiger partial charge is 0.410 e. The van der Waals surface area contributed by atoms with E-state index in [1.54, 1.807) is 24.5 Å². The zero-order valence-electron chi connectivity index (χ0n) is 7.57. The Bertz CT molecular complexity index is 464. The standard InChI is InChI=1S/C9H9N3O2/c1-10-9(13)14-7-3-5-12-8-6(7)2-4-11-8/h2-5H,1H3,(H,10,13)(H,11,12). The number of carbonyl (C=O) groups is 1. The molecule has 0 fully saturated rings. The highest BCUT2D eigenvalue weighted by atomic mass is 16.6. The number of aromatic nitrogens is 2. The van der Waals surface area contributed by atoms with E-state index in [2.05, 4.69) is 15.3 Å². The van der Waals surface area contributed by atoms with E-state index in [0.29, 0.717) is 11.4 Å². The molecule has 0 aliphatic carbocycles. The largest absolute Gasteiger partial charge is 0.412 e. The van der Waals surface area contributed by atoms with Gasteiger partial charge in [0.25, 0.3) is 0 Å². The lowest BCUT2D eigenvalue weighted by molar-refractivity contribution is 0.203. The summed E-state index contributed by atoms with van der Waals surface area (Å²) in [6.07, 6.45) is 2.84. The van der Waals surface area contributed by atoms with Crippen molar-refractivity contribution in [3.63, 3.8) is 0 Å². The van der Waals surface area contributed by atoms with Crippen LogP contribution in [0.4, 0.5) is 4.79 Å². The van der Waals surface area contributed by atoms with Crippen molar-refractivity contribution >= 4 is 17.1 Å². The van der Waals surface area contributed by atoms with Crippen molar-refractivity contribution in [2.75, 3.05) is 7.05 Å². The minimum atomic E-state index is -0.487. The third-order valence-corrected chi connectivity index (χ3v) is 1.83. The molecule has 0 radical (unpaired) electrons. The molecule has 0 unspecified atom stereocenters. The van der Waals surface area contributed by atoms with Gasteiger partial charge in [0.1, 0.15) is 11.4 Å². The lowest BCUT2D eigenvalue weighted by Crippen LogP contribution is -2.22. The Labute approximate surface area is 80.1 Å². The predicted molar refractivity (Wildman–Crippen MR) is 51.2 cm³/mol. The number of hydrogen-bond acceptors (Lipinski definition) is 3. The van der Waals surface area contributed by atoms with Crippen LogP contribution in [0.1, 0.15) is 0 Å². The minimum Gasteiger partial charge on any atom is -0.410 e. The van der Waals surface area contributed by atoms with Crippen LogP contribution in [-0.2, 0) is 0 Å². The van der Waals surface area contributed by atoms with Gasteiger partial charge in [-0.2, -0.15) is 0 Å². The van der Waals surface area contributed by atoms with Crippen LogP contribution in [0.3, 0.4) is 0 Å². The summed E-state index contributed by atoms with van der Waals surface area (Å²) < 4.78 is 5.03. The molecule has 0 bridgehead atoms. The third kappa shape index (κ3) is 1.39. The van der Waals surface area contributed by atoms with Gasteiger partial charge in [-0.05, 0) is 6.07 Å². The van der Waals surface area contributed by atoms with Crippen molar-refractivity contribution in [2.45, 2.75) is 0 Å². The highest BCUT2D eigenvalue weighted by Crippen LogP contribution is 2.22. The lowest BCUT2D eigenvalue weighted by Gasteiger charge is -2.03. The van der Waals surface area contributed by atoms with Crippen molar-refractivity contribution < 1.29 is 9.53 Å². The van der Waals surface area contributed by atoms with E-state index in [1.807, 2.05) is 0 Å². The average molecular weight is 191 g/mol. The zero-order chi connectivity index (χ0) is 9.97. The van der Waals surface area contributed by atoms with Gasteiger partial charge >= 0.3 is 6.09 Å². The summed E-state index contributed by atoms with van der Waals surface area (Å²) in [6.45, 7) is 0. The van der Waals surface area contributed by atoms with Crippen molar-refractivity contribution in [3.05, 3.63) is 24.5 Å². The Morgan fingerprint density at radius 3 is 3.21 bits per heavy atom. The summed E-state index contributed by atoms with van der Waals surface area (Å²) in [6, 6.07) is 3.45. The molecule has 0 saturated carbocycles. The van der Waals surface area contributed by atoms with Gasteiger partial charge in [-0.1, -0.05) is 0 Å². The van der Waals surface area contributed by atoms with E-state index in [9.17, 15) is 4.79 Å². The number of rotatable bonds is 1. The molecule has 2 aromatic rings. The van der Waals surface area contributed by atoms with Crippen LogP contribution < -0.4 is 10.1 Å². The van der Waals surface area contributed by atoms with Crippen LogP contribution in [0, 0.1) is 0 Å². The van der Waals surface area contributed by atoms with Crippen LogP contribution in [0.5, 0.6) is 5.75 Å². The Morgan fingerprint density at radius 2 is 2.43 bits per heavy atom. The molecular weight excluding hydrogens is 182 g/mol. The van der Waals surface area contributed by atoms with E-state index >= 15 is 0 Å². The van der Waals surface area contributed by atoms with E-state index in [0.717, 1.165) is 5.39 Å². The summed E-state index contributed by atoms with van der Waals surface area (Å²) in [5.41, 5.74) is 0.700. The molecule has 0 aromatic carbocycles. The molecule has 5 nitrogen and oxygen atoms in total. The van der Waals surface area contributed by atoms with Gasteiger partial charge in [-0.25, -0.2) is 9.78 Å². The molecule has 14 heavy (non-hydrogen) atoms. The first kappa shape index (κ1) is 8.55. The molecule has 0 aliphatic rings. The summed E-state index contributed by atoms with van der Waals surface area (Å²) in [5.74, 6) is 0.496. The summed E-state index contributed by atoms with van der Waals surface area (Å²) in [5, 5.41) is 3.17. The monoisotopic (exact) mass is 191 g/mol. The Morgan fingerprint density at radius 1 is 1.57 bits per heavy atom. The normalized spacial score (nSPS) is 10.1. The number of carbonyl (C=O) groups excluding carboxylic acids is 1. The van der Waals surface area contributed by atoms with Crippen LogP contribution in [0.25, 0.3) is 11.0 Å². The lowest BCUT2D eigenvalue weighted by atomic mass is 10.3. The van der Waals surface area contributed by atoms with Gasteiger partial charge in [0.15, 0.2) is 0 Å². The van der Waals surface area contributed by atoms with Crippen LogP contribution in [0.15, 0.2) is 24.5 Å². The molecular formula is C9H9N3O2. The Hall–Kier alpha value is -2.04. The Balaban J connectivity index is 2.41. The number of pyridine rings is 1. The van der Waals surface area contributed by atoms with Crippen molar-refractivity contribution in [3.8, 4) is 5.75 Å². The van der Waals surface area contributed by atoms with Gasteiger partial charge < -0.3 is 15.0 Å². The second kappa shape index (κ2) is 3.37. The number of aromatic amines is 1. The summed E-state index contributed by atoms with van der Waals surface area (Å²) in [4.78, 5) is 18.0. The second-order valence-corrected chi connectivity index (χ2v) is 2.69. The quantitative estimate of drug-likeness (QED) is 0.713. The molecule has 5 heteroatoms. The maximum Gasteiger partial charge on any atom is 0.412 e. The van der Waals surface area contributed by atoms with E-state index in [1.165, 1.54) is 7.05 Å². The fraction of sp³-hybridized carbons (Fsp3) is 0.111. The molecule has 1 amide bonds. The maximum absolute atomic E-state index is 11.0. The molecule has 2 heterocycles. The molecule has 2 rings (SSSR count). The maximum atomic E-state index is 11.0. The molecule has 0 saturated heterocycles. The molecule has 2 N–H and O–H groups in total. The van der Waals surface area contributed by atoms with Crippen molar-refractivity contribution in [1.82, 2.24) is 15.3 Å². The van der Waals surface area contributed by atoms with Crippen LogP contribution >= 0.6 is 0 Å². The second-order valence-electron chi connectivity index (χ2n) is 2.69. The fourth-order valence-electron chi connectivity index (χ4n) is 1.18. The fourth-order valence-corrected chi connectivity index (χ4v) is 1.18. The molecule has 72 valence electrons. The number of nitrogens with one attached hydrogen (secondary N) is 2. The number of nitrogens with zero attached hydrogens (tertiary/aromatic N) is 1. The van der Waals surface area contributed by atoms with Crippen molar-refractivity contribution in [1.29, 1.82) is 0 Å². The van der Waals surface area contributed by atoms with E-state index in [-0.39, 0.29) is 0 Å². The Kier molecular flexibility index (Phi) is 2.06. The van der Waals surface area contributed by atoms with Crippen molar-refractivity contribution in [2.24, 2.45) is 0 Å². The first-order valence-corrected chi connectivity index (χ1v) is 4.13. The zero-order valence-corrected chi connectivity index (χ0v) is 7.57. The average Bonchev–Trinajstić information content (AvgIpc) is 2.66. The van der Waals surface area contributed by atoms with Gasteiger partial charge in [0, 0.05) is 25.5 Å². The first-order chi connectivity index (χ1) is 6.81. The summed E-state index contributed by atoms with van der Waals surface area (Å²) in [7, 11) is 1.51. The highest BCUT2D eigenvalue weighted by molar-refractivity contribution is 5.85. The van der Waals surface area contributed by atoms with Crippen LogP contribution in [0.2, 0.25) is 0 Å². The minimum absolute atomic E-state index is 0.487. The number of fused-ring (bicyclic) bond motifs is 1. The number of ether oxygens (including phenoxy) is 1. The SMILES string of the molecule is CNC(=O)Oc1ccnc2[nH]ccc12. The van der Waals surface area contributed by atoms with Gasteiger partial charge in [-0.15, -0.1) is 0 Å². The molecule has 0 aliphatic heterocycles. The topological polar surface area (TPSA) is 67.0 Å². The molecule has 0 atom stereocenters. The third-order valence-electron chi connectivity index (χ3n) is 1.83. The highest BCUT2D eigenvalue weighted by Gasteiger charge is 2.06. The summed E-state index contributed by atoms with van der Waals surface area (Å²) >= 11 is 0. The molecule has 0 spiro atoms. The van der Waals surface area contributed by atoms with E-state index in [4.69, 9.17) is 4.74 Å². The van der Waals surface area contributed by atoms with Crippen LogP contribution in [-0.4, -0.2) is 23.1 Å². The van der Waals surface area contributed by atoms with Gasteiger partial charge in [-0.3, -0.25) is 0 Å².